The molecule has 1 aromatic carbocycles. The fourth-order valence-corrected chi connectivity index (χ4v) is 2.33. The summed E-state index contributed by atoms with van der Waals surface area (Å²) >= 11 is 0. The predicted molar refractivity (Wildman–Crippen MR) is 84.1 cm³/mol. The SMILES string of the molecule is CC(N)(C(=O)NCC(=O)N1CCCC1)c1ccccc1.Cl. The van der Waals surface area contributed by atoms with Crippen molar-refractivity contribution in [2.45, 2.75) is 25.3 Å². The number of carbonyl (C=O) groups is 2. The van der Waals surface area contributed by atoms with Gasteiger partial charge in [0.15, 0.2) is 0 Å². The zero-order valence-electron chi connectivity index (χ0n) is 12.2. The topological polar surface area (TPSA) is 75.4 Å². The molecular weight excluding hydrogens is 290 g/mol. The largest absolute Gasteiger partial charge is 0.345 e. The van der Waals surface area contributed by atoms with Gasteiger partial charge in [0.05, 0.1) is 6.54 Å². The first kappa shape index (κ1) is 17.5. The van der Waals surface area contributed by atoms with E-state index in [1.807, 2.05) is 30.3 Å². The molecule has 5 nitrogen and oxygen atoms in total. The maximum Gasteiger partial charge on any atom is 0.244 e. The first-order valence-electron chi connectivity index (χ1n) is 6.92. The van der Waals surface area contributed by atoms with Crippen LogP contribution in [0, 0.1) is 0 Å². The van der Waals surface area contributed by atoms with Gasteiger partial charge in [-0.25, -0.2) is 0 Å². The van der Waals surface area contributed by atoms with E-state index in [2.05, 4.69) is 5.32 Å². The number of nitrogens with one attached hydrogen (secondary N) is 1. The van der Waals surface area contributed by atoms with Gasteiger partial charge in [0.2, 0.25) is 11.8 Å². The number of nitrogens with zero attached hydrogens (tertiary/aromatic N) is 1. The molecule has 1 fully saturated rings. The van der Waals surface area contributed by atoms with Crippen LogP contribution in [0.1, 0.15) is 25.3 Å². The van der Waals surface area contributed by atoms with Gasteiger partial charge in [-0.2, -0.15) is 0 Å². The van der Waals surface area contributed by atoms with Crippen molar-refractivity contribution in [2.24, 2.45) is 5.73 Å². The Balaban J connectivity index is 0.00000220. The summed E-state index contributed by atoms with van der Waals surface area (Å²) in [4.78, 5) is 25.8. The minimum Gasteiger partial charge on any atom is -0.345 e. The van der Waals surface area contributed by atoms with Crippen molar-refractivity contribution >= 4 is 24.2 Å². The van der Waals surface area contributed by atoms with Crippen molar-refractivity contribution in [3.63, 3.8) is 0 Å². The lowest BCUT2D eigenvalue weighted by molar-refractivity contribution is -0.133. The zero-order chi connectivity index (χ0) is 14.6. The van der Waals surface area contributed by atoms with E-state index >= 15 is 0 Å². The molecule has 1 saturated heterocycles. The van der Waals surface area contributed by atoms with Crippen LogP contribution in [-0.4, -0.2) is 36.3 Å². The van der Waals surface area contributed by atoms with E-state index in [1.54, 1.807) is 11.8 Å². The molecule has 0 spiro atoms. The van der Waals surface area contributed by atoms with E-state index in [1.165, 1.54) is 0 Å². The molecular formula is C15H22ClN3O2. The van der Waals surface area contributed by atoms with Crippen LogP contribution in [0.25, 0.3) is 0 Å². The van der Waals surface area contributed by atoms with Crippen LogP contribution >= 0.6 is 12.4 Å². The smallest absolute Gasteiger partial charge is 0.244 e. The quantitative estimate of drug-likeness (QED) is 0.872. The summed E-state index contributed by atoms with van der Waals surface area (Å²) in [5.41, 5.74) is 5.68. The van der Waals surface area contributed by atoms with Crippen LogP contribution in [0.4, 0.5) is 0 Å². The number of benzene rings is 1. The van der Waals surface area contributed by atoms with Crippen LogP contribution in [0.3, 0.4) is 0 Å². The number of hydrogen-bond donors (Lipinski definition) is 2. The van der Waals surface area contributed by atoms with Crippen LogP contribution in [-0.2, 0) is 15.1 Å². The summed E-state index contributed by atoms with van der Waals surface area (Å²) in [5, 5.41) is 2.64. The molecule has 21 heavy (non-hydrogen) atoms. The number of hydrogen-bond acceptors (Lipinski definition) is 3. The summed E-state index contributed by atoms with van der Waals surface area (Å²) in [6.45, 7) is 3.23. The summed E-state index contributed by atoms with van der Waals surface area (Å²) in [5.74, 6) is -0.379. The molecule has 2 rings (SSSR count). The average molecular weight is 312 g/mol. The second-order valence-electron chi connectivity index (χ2n) is 5.34. The number of amides is 2. The number of nitrogens with two attached hydrogens (primary N) is 1. The van der Waals surface area contributed by atoms with Crippen molar-refractivity contribution in [1.82, 2.24) is 10.2 Å². The lowest BCUT2D eigenvalue weighted by Gasteiger charge is -2.24. The van der Waals surface area contributed by atoms with Crippen LogP contribution in [0.5, 0.6) is 0 Å². The summed E-state index contributed by atoms with van der Waals surface area (Å²) in [7, 11) is 0. The summed E-state index contributed by atoms with van der Waals surface area (Å²) in [6.07, 6.45) is 2.08. The van der Waals surface area contributed by atoms with Crippen molar-refractivity contribution in [3.05, 3.63) is 35.9 Å². The van der Waals surface area contributed by atoms with E-state index in [-0.39, 0.29) is 30.8 Å². The molecule has 0 radical (unpaired) electrons. The second-order valence-corrected chi connectivity index (χ2v) is 5.34. The van der Waals surface area contributed by atoms with Gasteiger partial charge in [0, 0.05) is 13.1 Å². The fraction of sp³-hybridized carbons (Fsp3) is 0.467. The molecule has 1 heterocycles. The Morgan fingerprint density at radius 3 is 2.38 bits per heavy atom. The van der Waals surface area contributed by atoms with Crippen LogP contribution in [0.15, 0.2) is 30.3 Å². The van der Waals surface area contributed by atoms with E-state index in [0.29, 0.717) is 0 Å². The molecule has 1 unspecified atom stereocenters. The number of likely N-dealkylation sites (tertiary alicyclic amines) is 1. The van der Waals surface area contributed by atoms with Gasteiger partial charge >= 0.3 is 0 Å². The van der Waals surface area contributed by atoms with Gasteiger partial charge in [0.25, 0.3) is 0 Å². The summed E-state index contributed by atoms with van der Waals surface area (Å²) < 4.78 is 0. The van der Waals surface area contributed by atoms with Gasteiger partial charge in [-0.1, -0.05) is 30.3 Å². The standard InChI is InChI=1S/C15H21N3O2.ClH/c1-15(16,12-7-3-2-4-8-12)14(20)17-11-13(19)18-9-5-6-10-18;/h2-4,7-8H,5-6,9-11,16H2,1H3,(H,17,20);1H. The van der Waals surface area contributed by atoms with Gasteiger partial charge in [-0.3, -0.25) is 9.59 Å². The molecule has 1 atom stereocenters. The Hall–Kier alpha value is -1.59. The van der Waals surface area contributed by atoms with Crippen LogP contribution < -0.4 is 11.1 Å². The fourth-order valence-electron chi connectivity index (χ4n) is 2.33. The van der Waals surface area contributed by atoms with E-state index < -0.39 is 5.54 Å². The molecule has 6 heteroatoms. The average Bonchev–Trinajstić information content (AvgIpc) is 2.99. The first-order valence-corrected chi connectivity index (χ1v) is 6.92. The van der Waals surface area contributed by atoms with Gasteiger partial charge in [-0.05, 0) is 25.3 Å². The predicted octanol–water partition coefficient (Wildman–Crippen LogP) is 1.02. The Labute approximate surface area is 131 Å². The van der Waals surface area contributed by atoms with Crippen LogP contribution in [0.2, 0.25) is 0 Å². The Bertz CT molecular complexity index is 485. The Morgan fingerprint density at radius 1 is 1.24 bits per heavy atom. The van der Waals surface area contributed by atoms with E-state index in [0.717, 1.165) is 31.5 Å². The highest BCUT2D eigenvalue weighted by Gasteiger charge is 2.31. The molecule has 0 aliphatic carbocycles. The molecule has 1 aliphatic rings. The highest BCUT2D eigenvalue weighted by Crippen LogP contribution is 2.17. The molecule has 2 amide bonds. The van der Waals surface area contributed by atoms with Gasteiger partial charge < -0.3 is 16.0 Å². The normalized spacial score (nSPS) is 16.8. The van der Waals surface area contributed by atoms with Gasteiger partial charge in [0.1, 0.15) is 5.54 Å². The third-order valence-electron chi connectivity index (χ3n) is 3.70. The number of rotatable bonds is 4. The molecule has 0 aromatic heterocycles. The highest BCUT2D eigenvalue weighted by atomic mass is 35.5. The van der Waals surface area contributed by atoms with E-state index in [4.69, 9.17) is 5.73 Å². The molecule has 116 valence electrons. The molecule has 3 N–H and O–H groups in total. The molecule has 0 bridgehead atoms. The van der Waals surface area contributed by atoms with Crippen molar-refractivity contribution < 1.29 is 9.59 Å². The maximum absolute atomic E-state index is 12.2. The zero-order valence-corrected chi connectivity index (χ0v) is 13.0. The van der Waals surface area contributed by atoms with Crippen molar-refractivity contribution in [2.75, 3.05) is 19.6 Å². The Kier molecular flexibility index (Phi) is 6.18. The minimum absolute atomic E-state index is 0. The van der Waals surface area contributed by atoms with Crippen molar-refractivity contribution in [3.8, 4) is 0 Å². The molecule has 0 saturated carbocycles. The van der Waals surface area contributed by atoms with E-state index in [9.17, 15) is 9.59 Å². The molecule has 1 aromatic rings. The third-order valence-corrected chi connectivity index (χ3v) is 3.70. The monoisotopic (exact) mass is 311 g/mol. The maximum atomic E-state index is 12.2. The summed E-state index contributed by atoms with van der Waals surface area (Å²) in [6, 6.07) is 9.16. The lowest BCUT2D eigenvalue weighted by Crippen LogP contribution is -2.51. The first-order chi connectivity index (χ1) is 9.51. The third kappa shape index (κ3) is 4.19. The van der Waals surface area contributed by atoms with Gasteiger partial charge in [-0.15, -0.1) is 12.4 Å². The minimum atomic E-state index is -1.13. The highest BCUT2D eigenvalue weighted by molar-refractivity contribution is 5.90. The second kappa shape index (κ2) is 7.43. The number of carbonyl (C=O) groups excluding carboxylic acids is 2. The number of halogens is 1. The lowest BCUT2D eigenvalue weighted by atomic mass is 9.92. The van der Waals surface area contributed by atoms with Crippen molar-refractivity contribution in [1.29, 1.82) is 0 Å². The Morgan fingerprint density at radius 2 is 1.81 bits per heavy atom. The molecule has 1 aliphatic heterocycles.